The summed E-state index contributed by atoms with van der Waals surface area (Å²) in [5.41, 5.74) is 0. The standard InChI is InChI=1S/C18H23NO5/c1-22-15-9-5-6-10-16(15)23-12-11-19-17(20)13-24-18(21)14-7-3-2-4-8-14/h2-3,5-6,9-10,14H,4,7-8,11-13H2,1H3,(H,19,20)/t14-/m0/s1. The third-order valence-corrected chi connectivity index (χ3v) is 3.70. The first-order valence-corrected chi connectivity index (χ1v) is 8.05. The molecule has 0 unspecified atom stereocenters. The van der Waals surface area contributed by atoms with Gasteiger partial charge in [-0.1, -0.05) is 24.3 Å². The molecule has 0 heterocycles. The molecule has 1 aromatic carbocycles. The van der Waals surface area contributed by atoms with Gasteiger partial charge in [0.05, 0.1) is 19.6 Å². The maximum absolute atomic E-state index is 11.8. The van der Waals surface area contributed by atoms with E-state index in [1.54, 1.807) is 19.2 Å². The van der Waals surface area contributed by atoms with Crippen molar-refractivity contribution in [2.45, 2.75) is 19.3 Å². The Bertz CT molecular complexity index is 585. The molecule has 0 saturated carbocycles. The Morgan fingerprint density at radius 3 is 2.71 bits per heavy atom. The predicted octanol–water partition coefficient (Wildman–Crippen LogP) is 2.09. The molecular weight excluding hydrogens is 310 g/mol. The number of para-hydroxylation sites is 2. The zero-order valence-corrected chi connectivity index (χ0v) is 13.8. The molecule has 0 aromatic heterocycles. The fraction of sp³-hybridized carbons (Fsp3) is 0.444. The molecule has 1 atom stereocenters. The van der Waals surface area contributed by atoms with E-state index in [0.29, 0.717) is 31.1 Å². The number of benzene rings is 1. The molecule has 6 nitrogen and oxygen atoms in total. The predicted molar refractivity (Wildman–Crippen MR) is 88.9 cm³/mol. The molecule has 0 spiro atoms. The van der Waals surface area contributed by atoms with E-state index in [-0.39, 0.29) is 24.4 Å². The van der Waals surface area contributed by atoms with Gasteiger partial charge in [0.15, 0.2) is 18.1 Å². The maximum Gasteiger partial charge on any atom is 0.309 e. The number of amides is 1. The van der Waals surface area contributed by atoms with Gasteiger partial charge in [-0.15, -0.1) is 0 Å². The van der Waals surface area contributed by atoms with E-state index in [2.05, 4.69) is 11.4 Å². The van der Waals surface area contributed by atoms with Gasteiger partial charge in [-0.3, -0.25) is 9.59 Å². The highest BCUT2D eigenvalue weighted by atomic mass is 16.5. The van der Waals surface area contributed by atoms with Gasteiger partial charge < -0.3 is 19.5 Å². The van der Waals surface area contributed by atoms with E-state index in [4.69, 9.17) is 14.2 Å². The number of hydrogen-bond donors (Lipinski definition) is 1. The minimum absolute atomic E-state index is 0.128. The molecule has 2 rings (SSSR count). The lowest BCUT2D eigenvalue weighted by molar-refractivity contribution is -0.152. The summed E-state index contributed by atoms with van der Waals surface area (Å²) in [6, 6.07) is 7.29. The van der Waals surface area contributed by atoms with Crippen LogP contribution in [-0.4, -0.2) is 38.7 Å². The molecule has 1 aliphatic rings. The van der Waals surface area contributed by atoms with Gasteiger partial charge in [0.25, 0.3) is 5.91 Å². The smallest absolute Gasteiger partial charge is 0.309 e. The Balaban J connectivity index is 1.61. The highest BCUT2D eigenvalue weighted by Gasteiger charge is 2.20. The summed E-state index contributed by atoms with van der Waals surface area (Å²) >= 11 is 0. The van der Waals surface area contributed by atoms with Gasteiger partial charge in [-0.05, 0) is 31.4 Å². The Morgan fingerprint density at radius 2 is 2.00 bits per heavy atom. The molecule has 0 saturated heterocycles. The molecule has 0 bridgehead atoms. The Kier molecular flexibility index (Phi) is 7.14. The van der Waals surface area contributed by atoms with Crippen molar-refractivity contribution in [2.24, 2.45) is 5.92 Å². The van der Waals surface area contributed by atoms with Gasteiger partial charge >= 0.3 is 5.97 Å². The van der Waals surface area contributed by atoms with Crippen LogP contribution >= 0.6 is 0 Å². The Morgan fingerprint density at radius 1 is 1.21 bits per heavy atom. The van der Waals surface area contributed by atoms with Gasteiger partial charge in [0.2, 0.25) is 0 Å². The minimum atomic E-state index is -0.335. The highest BCUT2D eigenvalue weighted by Crippen LogP contribution is 2.25. The second kappa shape index (κ2) is 9.60. The average molecular weight is 333 g/mol. The number of rotatable bonds is 8. The van der Waals surface area contributed by atoms with Crippen molar-refractivity contribution >= 4 is 11.9 Å². The van der Waals surface area contributed by atoms with Crippen molar-refractivity contribution < 1.29 is 23.8 Å². The first-order valence-electron chi connectivity index (χ1n) is 8.05. The lowest BCUT2D eigenvalue weighted by atomic mass is 9.95. The molecule has 130 valence electrons. The Hall–Kier alpha value is -2.50. The molecular formula is C18H23NO5. The fourth-order valence-corrected chi connectivity index (χ4v) is 2.40. The summed E-state index contributed by atoms with van der Waals surface area (Å²) in [6.45, 7) is 0.363. The number of esters is 1. The van der Waals surface area contributed by atoms with Crippen LogP contribution in [0.25, 0.3) is 0 Å². The van der Waals surface area contributed by atoms with Crippen LogP contribution in [-0.2, 0) is 14.3 Å². The minimum Gasteiger partial charge on any atom is -0.493 e. The molecule has 0 radical (unpaired) electrons. The molecule has 6 heteroatoms. The number of hydrogen-bond acceptors (Lipinski definition) is 5. The quantitative estimate of drug-likeness (QED) is 0.448. The third kappa shape index (κ3) is 5.61. The van der Waals surface area contributed by atoms with Crippen LogP contribution in [0, 0.1) is 5.92 Å². The zero-order valence-electron chi connectivity index (χ0n) is 13.8. The fourth-order valence-electron chi connectivity index (χ4n) is 2.40. The summed E-state index contributed by atoms with van der Waals surface area (Å²) in [5, 5.41) is 2.65. The van der Waals surface area contributed by atoms with Gasteiger partial charge in [0.1, 0.15) is 6.61 Å². The number of carbonyl (C=O) groups excluding carboxylic acids is 2. The van der Waals surface area contributed by atoms with Gasteiger partial charge in [-0.2, -0.15) is 0 Å². The molecule has 0 fully saturated rings. The van der Waals surface area contributed by atoms with Crippen LogP contribution < -0.4 is 14.8 Å². The van der Waals surface area contributed by atoms with Gasteiger partial charge in [-0.25, -0.2) is 0 Å². The number of nitrogens with one attached hydrogen (secondary N) is 1. The van der Waals surface area contributed by atoms with Crippen molar-refractivity contribution in [1.29, 1.82) is 0 Å². The van der Waals surface area contributed by atoms with E-state index < -0.39 is 0 Å². The van der Waals surface area contributed by atoms with Crippen molar-refractivity contribution in [1.82, 2.24) is 5.32 Å². The second-order valence-electron chi connectivity index (χ2n) is 5.44. The summed E-state index contributed by atoms with van der Waals surface area (Å²) in [6.07, 6.45) is 6.38. The first-order chi connectivity index (χ1) is 11.7. The number of carbonyl (C=O) groups is 2. The molecule has 1 aromatic rings. The van der Waals surface area contributed by atoms with Crippen molar-refractivity contribution in [2.75, 3.05) is 26.9 Å². The van der Waals surface area contributed by atoms with Crippen LogP contribution in [0.1, 0.15) is 19.3 Å². The number of allylic oxidation sites excluding steroid dienone is 2. The SMILES string of the molecule is COc1ccccc1OCCNC(=O)COC(=O)[C@H]1CC=CCC1. The molecule has 1 N–H and O–H groups in total. The summed E-state index contributed by atoms with van der Waals surface area (Å²) < 4.78 is 15.8. The average Bonchev–Trinajstić information content (AvgIpc) is 2.64. The van der Waals surface area contributed by atoms with E-state index in [0.717, 1.165) is 12.8 Å². The molecule has 1 aliphatic carbocycles. The largest absolute Gasteiger partial charge is 0.493 e. The monoisotopic (exact) mass is 333 g/mol. The van der Waals surface area contributed by atoms with Crippen LogP contribution in [0.2, 0.25) is 0 Å². The van der Waals surface area contributed by atoms with E-state index in [9.17, 15) is 9.59 Å². The summed E-state index contributed by atoms with van der Waals surface area (Å²) in [4.78, 5) is 23.5. The number of ether oxygens (including phenoxy) is 3. The summed E-state index contributed by atoms with van der Waals surface area (Å²) in [7, 11) is 1.57. The molecule has 1 amide bonds. The van der Waals surface area contributed by atoms with Crippen LogP contribution in [0.15, 0.2) is 36.4 Å². The maximum atomic E-state index is 11.8. The lowest BCUT2D eigenvalue weighted by Crippen LogP contribution is -2.33. The highest BCUT2D eigenvalue weighted by molar-refractivity contribution is 5.81. The van der Waals surface area contributed by atoms with Gasteiger partial charge in [0, 0.05) is 0 Å². The lowest BCUT2D eigenvalue weighted by Gasteiger charge is -2.16. The third-order valence-electron chi connectivity index (χ3n) is 3.70. The normalized spacial score (nSPS) is 16.3. The number of methoxy groups -OCH3 is 1. The van der Waals surface area contributed by atoms with Crippen LogP contribution in [0.5, 0.6) is 11.5 Å². The topological polar surface area (TPSA) is 73.9 Å². The van der Waals surface area contributed by atoms with Crippen molar-refractivity contribution in [3.8, 4) is 11.5 Å². The second-order valence-corrected chi connectivity index (χ2v) is 5.44. The molecule has 0 aliphatic heterocycles. The van der Waals surface area contributed by atoms with E-state index >= 15 is 0 Å². The van der Waals surface area contributed by atoms with Crippen LogP contribution in [0.3, 0.4) is 0 Å². The van der Waals surface area contributed by atoms with E-state index in [1.165, 1.54) is 0 Å². The molecule has 24 heavy (non-hydrogen) atoms. The van der Waals surface area contributed by atoms with Crippen molar-refractivity contribution in [3.63, 3.8) is 0 Å². The van der Waals surface area contributed by atoms with Crippen LogP contribution in [0.4, 0.5) is 0 Å². The first kappa shape index (κ1) is 17.8. The summed E-state index contributed by atoms with van der Waals surface area (Å²) in [5.74, 6) is 0.486. The Labute approximate surface area is 141 Å². The zero-order chi connectivity index (χ0) is 17.2. The van der Waals surface area contributed by atoms with Crippen molar-refractivity contribution in [3.05, 3.63) is 36.4 Å². The van der Waals surface area contributed by atoms with E-state index in [1.807, 2.05) is 18.2 Å².